The van der Waals surface area contributed by atoms with Crippen molar-refractivity contribution in [2.45, 2.75) is 17.4 Å². The number of likely N-dealkylation sites (tertiary alicyclic amines) is 1. The summed E-state index contributed by atoms with van der Waals surface area (Å²) in [6.07, 6.45) is 0.825. The first-order valence-electron chi connectivity index (χ1n) is 10.5. The summed E-state index contributed by atoms with van der Waals surface area (Å²) in [4.78, 5) is 2.01. The fraction of sp³-hybridized carbons (Fsp3) is 0.208. The molecule has 11 heteroatoms. The molecule has 4 rings (SSSR count). The highest BCUT2D eigenvalue weighted by molar-refractivity contribution is 7.92. The van der Waals surface area contributed by atoms with Crippen LogP contribution in [0, 0.1) is 11.3 Å². The molecule has 0 unspecified atom stereocenters. The molecule has 1 aliphatic heterocycles. The zero-order chi connectivity index (χ0) is 25.2. The van der Waals surface area contributed by atoms with Crippen LogP contribution in [-0.4, -0.2) is 39.6 Å². The smallest absolute Gasteiger partial charge is 0.265 e. The maximum Gasteiger partial charge on any atom is 0.265 e. The molecule has 1 fully saturated rings. The number of benzene rings is 3. The zero-order valence-corrected chi connectivity index (χ0v) is 21.5. The van der Waals surface area contributed by atoms with Crippen LogP contribution in [0.15, 0.2) is 59.5 Å². The third kappa shape index (κ3) is 5.77. The van der Waals surface area contributed by atoms with Gasteiger partial charge in [-0.05, 0) is 49.9 Å². The highest BCUT2D eigenvalue weighted by Gasteiger charge is 2.24. The number of sulfonamides is 1. The number of anilines is 1. The van der Waals surface area contributed by atoms with E-state index in [1.807, 2.05) is 13.1 Å². The Morgan fingerprint density at radius 1 is 1.03 bits per heavy atom. The second kappa shape index (κ2) is 10.5. The van der Waals surface area contributed by atoms with Crippen LogP contribution in [0.3, 0.4) is 0 Å². The summed E-state index contributed by atoms with van der Waals surface area (Å²) in [5.41, 5.74) is 0.272. The Labute approximate surface area is 218 Å². The minimum atomic E-state index is -4.09. The predicted octanol–water partition coefficient (Wildman–Crippen LogP) is 6.19. The van der Waals surface area contributed by atoms with Gasteiger partial charge < -0.3 is 14.4 Å². The molecule has 3 aromatic carbocycles. The van der Waals surface area contributed by atoms with Crippen LogP contribution in [0.5, 0.6) is 17.2 Å². The van der Waals surface area contributed by atoms with Crippen molar-refractivity contribution in [2.24, 2.45) is 0 Å². The molecule has 35 heavy (non-hydrogen) atoms. The molecule has 0 aliphatic carbocycles. The van der Waals surface area contributed by atoms with Crippen molar-refractivity contribution < 1.29 is 17.9 Å². The number of likely N-dealkylation sites (N-methyl/N-ethyl adjacent to an activating group) is 1. The molecule has 1 atom stereocenters. The van der Waals surface area contributed by atoms with E-state index in [2.05, 4.69) is 9.62 Å². The van der Waals surface area contributed by atoms with Crippen LogP contribution in [-0.2, 0) is 10.0 Å². The minimum absolute atomic E-state index is 0.00336. The van der Waals surface area contributed by atoms with Crippen molar-refractivity contribution in [1.29, 1.82) is 5.26 Å². The Morgan fingerprint density at radius 2 is 1.77 bits per heavy atom. The van der Waals surface area contributed by atoms with E-state index in [0.717, 1.165) is 19.5 Å². The monoisotopic (exact) mass is 551 g/mol. The van der Waals surface area contributed by atoms with Crippen LogP contribution in [0.2, 0.25) is 15.1 Å². The fourth-order valence-electron chi connectivity index (χ4n) is 3.63. The first-order chi connectivity index (χ1) is 16.7. The molecule has 0 spiro atoms. The number of halogens is 3. The largest absolute Gasteiger partial charge is 0.487 e. The van der Waals surface area contributed by atoms with E-state index in [-0.39, 0.29) is 43.8 Å². The first kappa shape index (κ1) is 25.4. The zero-order valence-electron chi connectivity index (χ0n) is 18.5. The van der Waals surface area contributed by atoms with Crippen LogP contribution in [0.25, 0.3) is 0 Å². The van der Waals surface area contributed by atoms with Gasteiger partial charge in [-0.25, -0.2) is 8.42 Å². The number of ether oxygens (including phenoxy) is 2. The maximum atomic E-state index is 13.3. The van der Waals surface area contributed by atoms with Gasteiger partial charge in [0.2, 0.25) is 0 Å². The van der Waals surface area contributed by atoms with Crippen LogP contribution >= 0.6 is 34.8 Å². The van der Waals surface area contributed by atoms with Gasteiger partial charge in [-0.3, -0.25) is 4.72 Å². The number of nitriles is 1. The van der Waals surface area contributed by atoms with Gasteiger partial charge in [-0.15, -0.1) is 0 Å². The van der Waals surface area contributed by atoms with Gasteiger partial charge >= 0.3 is 0 Å². The highest BCUT2D eigenvalue weighted by Crippen LogP contribution is 2.37. The topological polar surface area (TPSA) is 91.7 Å². The molecular formula is C24H20Cl3N3O4S. The molecule has 0 bridgehead atoms. The van der Waals surface area contributed by atoms with Gasteiger partial charge in [0, 0.05) is 19.2 Å². The van der Waals surface area contributed by atoms with E-state index in [9.17, 15) is 13.7 Å². The normalized spacial score (nSPS) is 16.0. The molecule has 7 nitrogen and oxygen atoms in total. The first-order valence-corrected chi connectivity index (χ1v) is 13.1. The van der Waals surface area contributed by atoms with E-state index in [1.54, 1.807) is 30.3 Å². The summed E-state index contributed by atoms with van der Waals surface area (Å²) in [7, 11) is -2.08. The lowest BCUT2D eigenvalue weighted by Gasteiger charge is -2.17. The van der Waals surface area contributed by atoms with E-state index in [1.165, 1.54) is 24.3 Å². The van der Waals surface area contributed by atoms with Crippen molar-refractivity contribution in [3.05, 3.63) is 75.2 Å². The van der Waals surface area contributed by atoms with Gasteiger partial charge in [0.25, 0.3) is 10.0 Å². The summed E-state index contributed by atoms with van der Waals surface area (Å²) >= 11 is 18.4. The lowest BCUT2D eigenvalue weighted by Crippen LogP contribution is -2.21. The lowest BCUT2D eigenvalue weighted by molar-refractivity contribution is 0.208. The van der Waals surface area contributed by atoms with Gasteiger partial charge in [-0.2, -0.15) is 5.26 Å². The molecule has 1 N–H and O–H groups in total. The van der Waals surface area contributed by atoms with Crippen LogP contribution in [0.4, 0.5) is 5.69 Å². The Kier molecular flexibility index (Phi) is 7.64. The number of hydrogen-bond acceptors (Lipinski definition) is 6. The third-order valence-corrected chi connectivity index (χ3v) is 7.89. The van der Waals surface area contributed by atoms with Gasteiger partial charge in [0.05, 0.1) is 20.8 Å². The van der Waals surface area contributed by atoms with Crippen molar-refractivity contribution >= 4 is 50.5 Å². The molecule has 1 heterocycles. The van der Waals surface area contributed by atoms with Crippen molar-refractivity contribution in [3.63, 3.8) is 0 Å². The molecule has 0 saturated carbocycles. The standard InChI is InChI=1S/C24H20Cl3N3O4S/c1-30-11-10-16(14-30)33-22-12-15(6-7-18(22)25)29-35(31,32)23-5-3-2-4-21(23)34-20-9-8-19(26)24(27)17(20)13-28/h2-9,12,16,29H,10-11,14H2,1H3/t16-/m1/s1. The number of nitrogens with zero attached hydrogens (tertiary/aromatic N) is 2. The number of rotatable bonds is 7. The minimum Gasteiger partial charge on any atom is -0.487 e. The quantitative estimate of drug-likeness (QED) is 0.375. The van der Waals surface area contributed by atoms with E-state index in [4.69, 9.17) is 44.3 Å². The molecule has 182 valence electrons. The summed E-state index contributed by atoms with van der Waals surface area (Å²) in [5.74, 6) is 0.480. The summed E-state index contributed by atoms with van der Waals surface area (Å²) in [6.45, 7) is 1.67. The molecular weight excluding hydrogens is 533 g/mol. The Bertz CT molecular complexity index is 1410. The van der Waals surface area contributed by atoms with Crippen LogP contribution in [0.1, 0.15) is 12.0 Å². The molecule has 1 saturated heterocycles. The molecule has 3 aromatic rings. The summed E-state index contributed by atoms with van der Waals surface area (Å²) < 4.78 is 40.9. The maximum absolute atomic E-state index is 13.3. The van der Waals surface area contributed by atoms with E-state index < -0.39 is 10.0 Å². The van der Waals surface area contributed by atoms with Crippen molar-refractivity contribution in [1.82, 2.24) is 4.90 Å². The average molecular weight is 553 g/mol. The van der Waals surface area contributed by atoms with Gasteiger partial charge in [0.1, 0.15) is 39.9 Å². The molecule has 0 amide bonds. The fourth-order valence-corrected chi connectivity index (χ4v) is 5.33. The Hall–Kier alpha value is -2.67. The van der Waals surface area contributed by atoms with E-state index in [0.29, 0.717) is 10.8 Å². The average Bonchev–Trinajstić information content (AvgIpc) is 3.23. The summed E-state index contributed by atoms with van der Waals surface area (Å²) in [6, 6.07) is 15.6. The van der Waals surface area contributed by atoms with Crippen molar-refractivity contribution in [3.8, 4) is 23.3 Å². The number of hydrogen-bond donors (Lipinski definition) is 1. The van der Waals surface area contributed by atoms with Gasteiger partial charge in [-0.1, -0.05) is 46.9 Å². The second-order valence-corrected chi connectivity index (χ2v) is 10.8. The van der Waals surface area contributed by atoms with Crippen molar-refractivity contribution in [2.75, 3.05) is 24.9 Å². The molecule has 0 aromatic heterocycles. The Morgan fingerprint density at radius 3 is 2.49 bits per heavy atom. The molecule has 0 radical (unpaired) electrons. The van der Waals surface area contributed by atoms with Crippen LogP contribution < -0.4 is 14.2 Å². The van der Waals surface area contributed by atoms with Gasteiger partial charge in [0.15, 0.2) is 0 Å². The molecule has 1 aliphatic rings. The lowest BCUT2D eigenvalue weighted by atomic mass is 10.2. The highest BCUT2D eigenvalue weighted by atomic mass is 35.5. The van der Waals surface area contributed by atoms with E-state index >= 15 is 0 Å². The third-order valence-electron chi connectivity index (χ3n) is 5.35. The Balaban J connectivity index is 1.61. The summed E-state index contributed by atoms with van der Waals surface area (Å²) in [5, 5.41) is 10.0. The SMILES string of the molecule is CN1CC[C@@H](Oc2cc(NS(=O)(=O)c3ccccc3Oc3ccc(Cl)c(Cl)c3C#N)ccc2Cl)C1. The second-order valence-electron chi connectivity index (χ2n) is 7.94. The predicted molar refractivity (Wildman–Crippen MR) is 136 cm³/mol. The number of para-hydroxylation sites is 1. The number of nitrogens with one attached hydrogen (secondary N) is 1.